The summed E-state index contributed by atoms with van der Waals surface area (Å²) in [5, 5.41) is 13.6. The minimum Gasteiger partial charge on any atom is -0.480 e. The third-order valence-electron chi connectivity index (χ3n) is 2.82. The predicted octanol–water partition coefficient (Wildman–Crippen LogP) is 2.90. The van der Waals surface area contributed by atoms with Gasteiger partial charge in [-0.15, -0.1) is 0 Å². The second-order valence-corrected chi connectivity index (χ2v) is 4.61. The van der Waals surface area contributed by atoms with E-state index >= 15 is 0 Å². The first kappa shape index (κ1) is 15.9. The van der Waals surface area contributed by atoms with Crippen LogP contribution in [0.2, 0.25) is 0 Å². The molecule has 1 aromatic carbocycles. The van der Waals surface area contributed by atoms with E-state index in [4.69, 9.17) is 5.11 Å². The van der Waals surface area contributed by atoms with Gasteiger partial charge >= 0.3 is 12.0 Å². The molecule has 0 aliphatic carbocycles. The Bertz CT molecular complexity index is 491. The van der Waals surface area contributed by atoms with E-state index in [1.807, 2.05) is 6.92 Å². The number of rotatable bonds is 6. The maximum absolute atomic E-state index is 13.6. The summed E-state index contributed by atoms with van der Waals surface area (Å²) in [6.45, 7) is 3.67. The first-order valence-corrected chi connectivity index (χ1v) is 6.50. The van der Waals surface area contributed by atoms with Crippen molar-refractivity contribution in [3.63, 3.8) is 0 Å². The fourth-order valence-electron chi connectivity index (χ4n) is 1.70. The zero-order chi connectivity index (χ0) is 15.1. The van der Waals surface area contributed by atoms with E-state index in [1.165, 1.54) is 12.1 Å². The Kier molecular flexibility index (Phi) is 5.96. The van der Waals surface area contributed by atoms with Gasteiger partial charge < -0.3 is 15.7 Å². The van der Waals surface area contributed by atoms with Gasteiger partial charge in [0.2, 0.25) is 0 Å². The quantitative estimate of drug-likeness (QED) is 0.750. The van der Waals surface area contributed by atoms with Crippen LogP contribution in [0, 0.1) is 12.7 Å². The van der Waals surface area contributed by atoms with Gasteiger partial charge in [-0.1, -0.05) is 25.8 Å². The van der Waals surface area contributed by atoms with Gasteiger partial charge in [0.05, 0.1) is 5.69 Å². The van der Waals surface area contributed by atoms with Crippen LogP contribution in [-0.2, 0) is 4.79 Å². The lowest BCUT2D eigenvalue weighted by Crippen LogP contribution is -2.43. The van der Waals surface area contributed by atoms with Crippen molar-refractivity contribution < 1.29 is 19.1 Å². The number of carboxylic acids is 1. The molecule has 110 valence electrons. The fraction of sp³-hybridized carbons (Fsp3) is 0.429. The number of urea groups is 1. The number of carbonyl (C=O) groups is 2. The molecule has 0 unspecified atom stereocenters. The van der Waals surface area contributed by atoms with Crippen molar-refractivity contribution in [2.45, 2.75) is 39.2 Å². The van der Waals surface area contributed by atoms with Gasteiger partial charge in [0.25, 0.3) is 0 Å². The highest BCUT2D eigenvalue weighted by atomic mass is 19.1. The minimum absolute atomic E-state index is 0.0210. The summed E-state index contributed by atoms with van der Waals surface area (Å²) >= 11 is 0. The fourth-order valence-corrected chi connectivity index (χ4v) is 1.70. The molecule has 0 radical (unpaired) electrons. The van der Waals surface area contributed by atoms with Crippen molar-refractivity contribution in [3.8, 4) is 0 Å². The molecule has 0 bridgehead atoms. The van der Waals surface area contributed by atoms with Crippen LogP contribution in [0.1, 0.15) is 31.7 Å². The van der Waals surface area contributed by atoms with Crippen LogP contribution in [0.3, 0.4) is 0 Å². The number of anilines is 1. The highest BCUT2D eigenvalue weighted by Gasteiger charge is 2.19. The lowest BCUT2D eigenvalue weighted by Gasteiger charge is -2.15. The number of halogens is 1. The Morgan fingerprint density at radius 1 is 1.40 bits per heavy atom. The van der Waals surface area contributed by atoms with Crippen molar-refractivity contribution in [3.05, 3.63) is 29.6 Å². The molecule has 0 aliphatic heterocycles. The average Bonchev–Trinajstić information content (AvgIpc) is 2.37. The topological polar surface area (TPSA) is 78.4 Å². The van der Waals surface area contributed by atoms with Gasteiger partial charge in [-0.25, -0.2) is 14.0 Å². The molecule has 0 spiro atoms. The van der Waals surface area contributed by atoms with Crippen LogP contribution in [0.15, 0.2) is 18.2 Å². The second kappa shape index (κ2) is 7.47. The number of carboxylic acid groups (broad SMARTS) is 1. The highest BCUT2D eigenvalue weighted by Crippen LogP contribution is 2.15. The van der Waals surface area contributed by atoms with Crippen molar-refractivity contribution >= 4 is 17.7 Å². The van der Waals surface area contributed by atoms with Gasteiger partial charge in [-0.05, 0) is 31.0 Å². The Balaban J connectivity index is 2.63. The number of carbonyl (C=O) groups excluding carboxylic acids is 1. The van der Waals surface area contributed by atoms with E-state index in [1.54, 1.807) is 13.0 Å². The standard InChI is InChI=1S/C14H19FN2O3/c1-3-4-5-12(13(18)19)17-14(20)16-11-7-6-9(2)8-10(11)15/h6-8,12H,3-5H2,1-2H3,(H,18,19)(H2,16,17,20)/t12-/m0/s1. The van der Waals surface area contributed by atoms with Gasteiger partial charge in [0.15, 0.2) is 0 Å². The maximum Gasteiger partial charge on any atom is 0.326 e. The smallest absolute Gasteiger partial charge is 0.326 e. The molecule has 2 amide bonds. The lowest BCUT2D eigenvalue weighted by atomic mass is 10.1. The van der Waals surface area contributed by atoms with Crippen molar-refractivity contribution in [2.75, 3.05) is 5.32 Å². The summed E-state index contributed by atoms with van der Waals surface area (Å²) in [6.07, 6.45) is 1.87. The van der Waals surface area contributed by atoms with Crippen LogP contribution in [0.5, 0.6) is 0 Å². The molecule has 0 fully saturated rings. The molecule has 0 aliphatic rings. The summed E-state index contributed by atoms with van der Waals surface area (Å²) in [5.74, 6) is -1.65. The second-order valence-electron chi connectivity index (χ2n) is 4.61. The lowest BCUT2D eigenvalue weighted by molar-refractivity contribution is -0.139. The molecule has 3 N–H and O–H groups in total. The summed E-state index contributed by atoms with van der Waals surface area (Å²) < 4.78 is 13.6. The monoisotopic (exact) mass is 282 g/mol. The van der Waals surface area contributed by atoms with Gasteiger partial charge in [0, 0.05) is 0 Å². The SMILES string of the molecule is CCCC[C@H](NC(=O)Nc1ccc(C)cc1F)C(=O)O. The maximum atomic E-state index is 13.6. The molecule has 0 saturated carbocycles. The largest absolute Gasteiger partial charge is 0.480 e. The number of benzene rings is 1. The normalized spacial score (nSPS) is 11.8. The molecule has 0 heterocycles. The van der Waals surface area contributed by atoms with E-state index in [2.05, 4.69) is 10.6 Å². The summed E-state index contributed by atoms with van der Waals surface area (Å²) in [7, 11) is 0. The number of nitrogens with one attached hydrogen (secondary N) is 2. The molecule has 1 aromatic rings. The van der Waals surface area contributed by atoms with Crippen molar-refractivity contribution in [1.82, 2.24) is 5.32 Å². The van der Waals surface area contributed by atoms with Crippen LogP contribution in [0.4, 0.5) is 14.9 Å². The molecule has 1 rings (SSSR count). The third-order valence-corrected chi connectivity index (χ3v) is 2.82. The number of unbranched alkanes of at least 4 members (excludes halogenated alkanes) is 1. The molecule has 0 aromatic heterocycles. The Morgan fingerprint density at radius 2 is 2.10 bits per heavy atom. The van der Waals surface area contributed by atoms with Crippen LogP contribution in [0.25, 0.3) is 0 Å². The van der Waals surface area contributed by atoms with E-state index < -0.39 is 23.9 Å². The summed E-state index contributed by atoms with van der Waals surface area (Å²) in [4.78, 5) is 22.7. The molecule has 0 saturated heterocycles. The van der Waals surface area contributed by atoms with Gasteiger partial charge in [0.1, 0.15) is 11.9 Å². The van der Waals surface area contributed by atoms with Crippen LogP contribution < -0.4 is 10.6 Å². The Labute approximate surface area is 117 Å². The van der Waals surface area contributed by atoms with Crippen LogP contribution in [-0.4, -0.2) is 23.1 Å². The number of aryl methyl sites for hydroxylation is 1. The zero-order valence-electron chi connectivity index (χ0n) is 11.6. The van der Waals surface area contributed by atoms with E-state index in [-0.39, 0.29) is 5.69 Å². The average molecular weight is 282 g/mol. The van der Waals surface area contributed by atoms with E-state index in [0.717, 1.165) is 12.0 Å². The molecular formula is C14H19FN2O3. The van der Waals surface area contributed by atoms with E-state index in [0.29, 0.717) is 12.8 Å². The number of hydrogen-bond donors (Lipinski definition) is 3. The van der Waals surface area contributed by atoms with Gasteiger partial charge in [-0.3, -0.25) is 0 Å². The van der Waals surface area contributed by atoms with Crippen molar-refractivity contribution in [1.29, 1.82) is 0 Å². The van der Waals surface area contributed by atoms with E-state index in [9.17, 15) is 14.0 Å². The third kappa shape index (κ3) is 4.87. The predicted molar refractivity (Wildman–Crippen MR) is 74.2 cm³/mol. The first-order chi connectivity index (χ1) is 9.43. The number of amides is 2. The van der Waals surface area contributed by atoms with Crippen molar-refractivity contribution in [2.24, 2.45) is 0 Å². The van der Waals surface area contributed by atoms with Gasteiger partial charge in [-0.2, -0.15) is 0 Å². The molecule has 20 heavy (non-hydrogen) atoms. The minimum atomic E-state index is -1.10. The Morgan fingerprint density at radius 3 is 2.65 bits per heavy atom. The summed E-state index contributed by atoms with van der Waals surface area (Å²) in [6, 6.07) is 2.69. The van der Waals surface area contributed by atoms with Crippen LogP contribution >= 0.6 is 0 Å². The first-order valence-electron chi connectivity index (χ1n) is 6.50. The highest BCUT2D eigenvalue weighted by molar-refractivity contribution is 5.92. The zero-order valence-corrected chi connectivity index (χ0v) is 11.6. The Hall–Kier alpha value is -2.11. The number of hydrogen-bond acceptors (Lipinski definition) is 2. The molecule has 6 heteroatoms. The number of aliphatic carboxylic acids is 1. The molecule has 5 nitrogen and oxygen atoms in total. The summed E-state index contributed by atoms with van der Waals surface area (Å²) in [5.41, 5.74) is 0.757. The molecule has 1 atom stereocenters. The molecular weight excluding hydrogens is 263 g/mol.